The fourth-order valence-corrected chi connectivity index (χ4v) is 4.21. The molecule has 5 nitrogen and oxygen atoms in total. The quantitative estimate of drug-likeness (QED) is 0.819. The zero-order valence-electron chi connectivity index (χ0n) is 11.3. The highest BCUT2D eigenvalue weighted by Crippen LogP contribution is 2.35. The number of hydrogen-bond donors (Lipinski definition) is 1. The van der Waals surface area contributed by atoms with E-state index < -0.39 is 14.6 Å². The van der Waals surface area contributed by atoms with Crippen molar-refractivity contribution in [3.05, 3.63) is 0 Å². The van der Waals surface area contributed by atoms with Crippen molar-refractivity contribution in [3.63, 3.8) is 0 Å². The summed E-state index contributed by atoms with van der Waals surface area (Å²) in [5.41, 5.74) is 0. The van der Waals surface area contributed by atoms with Crippen molar-refractivity contribution in [2.24, 2.45) is 4.99 Å². The molecule has 0 saturated heterocycles. The molecular formula is C12H23N3O2S. The molecular weight excluding hydrogens is 250 g/mol. The molecule has 18 heavy (non-hydrogen) atoms. The van der Waals surface area contributed by atoms with Crippen LogP contribution in [0.25, 0.3) is 0 Å². The second-order valence-corrected chi connectivity index (χ2v) is 7.91. The monoisotopic (exact) mass is 273 g/mol. The second-order valence-electron chi connectivity index (χ2n) is 5.50. The van der Waals surface area contributed by atoms with Crippen molar-refractivity contribution < 1.29 is 8.42 Å². The largest absolute Gasteiger partial charge is 0.355 e. The van der Waals surface area contributed by atoms with Crippen molar-refractivity contribution in [1.29, 1.82) is 0 Å². The lowest BCUT2D eigenvalue weighted by atomic mass is 10.1. The van der Waals surface area contributed by atoms with Crippen molar-refractivity contribution in [2.75, 3.05) is 32.9 Å². The van der Waals surface area contributed by atoms with E-state index in [2.05, 4.69) is 15.2 Å². The summed E-state index contributed by atoms with van der Waals surface area (Å²) in [4.78, 5) is 6.49. The van der Waals surface area contributed by atoms with E-state index in [0.29, 0.717) is 6.54 Å². The highest BCUT2D eigenvalue weighted by atomic mass is 32.2. The van der Waals surface area contributed by atoms with Gasteiger partial charge in [-0.15, -0.1) is 0 Å². The van der Waals surface area contributed by atoms with E-state index in [4.69, 9.17) is 0 Å². The molecule has 0 spiro atoms. The number of hydrogen-bond acceptors (Lipinski definition) is 5. The Labute approximate surface area is 110 Å². The molecule has 6 heteroatoms. The number of rotatable bonds is 3. The first-order chi connectivity index (χ1) is 8.45. The van der Waals surface area contributed by atoms with Crippen LogP contribution in [0.1, 0.15) is 32.1 Å². The molecule has 0 atom stereocenters. The Morgan fingerprint density at radius 3 is 2.56 bits per heavy atom. The van der Waals surface area contributed by atoms with Crippen LogP contribution in [0.15, 0.2) is 4.99 Å². The fourth-order valence-electron chi connectivity index (χ4n) is 2.85. The van der Waals surface area contributed by atoms with Crippen molar-refractivity contribution >= 4 is 15.8 Å². The lowest BCUT2D eigenvalue weighted by Crippen LogP contribution is -2.51. The van der Waals surface area contributed by atoms with E-state index in [-0.39, 0.29) is 0 Å². The Morgan fingerprint density at radius 1 is 1.33 bits per heavy atom. The van der Waals surface area contributed by atoms with Crippen LogP contribution in [0.5, 0.6) is 0 Å². The van der Waals surface area contributed by atoms with E-state index >= 15 is 0 Å². The van der Waals surface area contributed by atoms with E-state index in [9.17, 15) is 8.42 Å². The maximum Gasteiger partial charge on any atom is 0.193 e. The van der Waals surface area contributed by atoms with Crippen LogP contribution in [-0.2, 0) is 9.84 Å². The molecule has 1 heterocycles. The summed E-state index contributed by atoms with van der Waals surface area (Å²) in [5, 5.41) is 3.26. The third-order valence-electron chi connectivity index (χ3n) is 4.14. The van der Waals surface area contributed by atoms with Gasteiger partial charge >= 0.3 is 0 Å². The van der Waals surface area contributed by atoms with Crippen molar-refractivity contribution in [3.8, 4) is 0 Å². The molecule has 1 saturated carbocycles. The zero-order chi connectivity index (χ0) is 13.2. The van der Waals surface area contributed by atoms with E-state index in [1.165, 1.54) is 6.26 Å². The third kappa shape index (κ3) is 2.63. The van der Waals surface area contributed by atoms with E-state index in [1.54, 1.807) is 0 Å². The van der Waals surface area contributed by atoms with Gasteiger partial charge in [-0.3, -0.25) is 4.99 Å². The van der Waals surface area contributed by atoms with Gasteiger partial charge in [0, 0.05) is 32.9 Å². The maximum absolute atomic E-state index is 12.0. The minimum absolute atomic E-state index is 0.495. The molecule has 0 aromatic carbocycles. The summed E-state index contributed by atoms with van der Waals surface area (Å²) < 4.78 is 23.5. The zero-order valence-corrected chi connectivity index (χ0v) is 12.1. The first-order valence-corrected chi connectivity index (χ1v) is 8.53. The number of sulfone groups is 1. The molecule has 0 amide bonds. The molecule has 1 aliphatic carbocycles. The summed E-state index contributed by atoms with van der Waals surface area (Å²) in [6.07, 6.45) is 6.01. The maximum atomic E-state index is 12.0. The summed E-state index contributed by atoms with van der Waals surface area (Å²) >= 11 is 0. The van der Waals surface area contributed by atoms with Gasteiger partial charge in [-0.25, -0.2) is 8.42 Å². The molecule has 104 valence electrons. The van der Waals surface area contributed by atoms with Crippen LogP contribution in [0.3, 0.4) is 0 Å². The summed E-state index contributed by atoms with van der Waals surface area (Å²) in [5.74, 6) is 0.844. The number of nitrogens with zero attached hydrogens (tertiary/aromatic N) is 2. The Hall–Kier alpha value is -0.780. The van der Waals surface area contributed by atoms with Gasteiger partial charge in [0.2, 0.25) is 0 Å². The van der Waals surface area contributed by atoms with Gasteiger partial charge < -0.3 is 10.2 Å². The fraction of sp³-hybridized carbons (Fsp3) is 0.917. The molecule has 0 bridgehead atoms. The van der Waals surface area contributed by atoms with Crippen LogP contribution in [0, 0.1) is 0 Å². The molecule has 0 aromatic heterocycles. The van der Waals surface area contributed by atoms with Gasteiger partial charge in [-0.05, 0) is 19.3 Å². The molecule has 0 aromatic rings. The Morgan fingerprint density at radius 2 is 2.00 bits per heavy atom. The lowest BCUT2D eigenvalue weighted by molar-refractivity contribution is 0.434. The standard InChI is InChI=1S/C12H23N3O2S/c1-15-9-5-8-13-11(15)14-10-12(18(2,16)17)6-3-4-7-12/h3-10H2,1-2H3,(H,13,14). The highest BCUT2D eigenvalue weighted by molar-refractivity contribution is 7.92. The molecule has 1 fully saturated rings. The number of guanidine groups is 1. The summed E-state index contributed by atoms with van der Waals surface area (Å²) in [7, 11) is -1.03. The van der Waals surface area contributed by atoms with Crippen LogP contribution < -0.4 is 5.32 Å². The average Bonchev–Trinajstić information content (AvgIpc) is 2.77. The molecule has 2 rings (SSSR count). The van der Waals surface area contributed by atoms with Gasteiger partial charge in [-0.1, -0.05) is 12.8 Å². The van der Waals surface area contributed by atoms with Crippen LogP contribution in [-0.4, -0.2) is 57.0 Å². The predicted octanol–water partition coefficient (Wildman–Crippen LogP) is 0.625. The smallest absolute Gasteiger partial charge is 0.193 e. The first-order valence-electron chi connectivity index (χ1n) is 6.64. The van der Waals surface area contributed by atoms with Gasteiger partial charge in [0.1, 0.15) is 0 Å². The SMILES string of the molecule is CN1CCCN=C1NCC1(S(C)(=O)=O)CCCC1. The highest BCUT2D eigenvalue weighted by Gasteiger charge is 2.43. The normalized spacial score (nSPS) is 23.9. The van der Waals surface area contributed by atoms with Gasteiger partial charge in [0.15, 0.2) is 15.8 Å². The Kier molecular flexibility index (Phi) is 3.84. The summed E-state index contributed by atoms with van der Waals surface area (Å²) in [6, 6.07) is 0. The number of nitrogens with one attached hydrogen (secondary N) is 1. The lowest BCUT2D eigenvalue weighted by Gasteiger charge is -2.31. The van der Waals surface area contributed by atoms with Gasteiger partial charge in [-0.2, -0.15) is 0 Å². The van der Waals surface area contributed by atoms with Crippen LogP contribution in [0.2, 0.25) is 0 Å². The second kappa shape index (κ2) is 5.07. The Balaban J connectivity index is 2.05. The average molecular weight is 273 g/mol. The van der Waals surface area contributed by atoms with Crippen LogP contribution in [0.4, 0.5) is 0 Å². The molecule has 1 N–H and O–H groups in total. The van der Waals surface area contributed by atoms with Gasteiger partial charge in [0.05, 0.1) is 4.75 Å². The third-order valence-corrected chi connectivity index (χ3v) is 6.27. The minimum Gasteiger partial charge on any atom is -0.355 e. The van der Waals surface area contributed by atoms with E-state index in [1.807, 2.05) is 7.05 Å². The minimum atomic E-state index is -3.02. The molecule has 2 aliphatic rings. The van der Waals surface area contributed by atoms with Crippen molar-refractivity contribution in [1.82, 2.24) is 10.2 Å². The Bertz CT molecular complexity index is 425. The molecule has 0 unspecified atom stereocenters. The predicted molar refractivity (Wildman–Crippen MR) is 73.6 cm³/mol. The summed E-state index contributed by atoms with van der Waals surface area (Å²) in [6.45, 7) is 2.31. The molecule has 0 radical (unpaired) electrons. The number of aliphatic imine (C=N–C) groups is 1. The molecule has 1 aliphatic heterocycles. The van der Waals surface area contributed by atoms with Gasteiger partial charge in [0.25, 0.3) is 0 Å². The van der Waals surface area contributed by atoms with Crippen molar-refractivity contribution in [2.45, 2.75) is 36.9 Å². The topological polar surface area (TPSA) is 61.8 Å². The van der Waals surface area contributed by atoms with E-state index in [0.717, 1.165) is 51.2 Å². The van der Waals surface area contributed by atoms with Crippen LogP contribution >= 0.6 is 0 Å². The first kappa shape index (κ1) is 13.6.